The van der Waals surface area contributed by atoms with Crippen LogP contribution in [0.15, 0.2) is 35.5 Å². The molecular formula is C16H15FN5O2+. The minimum absolute atomic E-state index is 0.322. The fraction of sp³-hybridized carbons (Fsp3) is 0.250. The molecule has 3 heterocycles. The van der Waals surface area contributed by atoms with E-state index in [0.29, 0.717) is 11.8 Å². The average molecular weight is 328 g/mol. The summed E-state index contributed by atoms with van der Waals surface area (Å²) in [6.07, 6.45) is 1.81. The van der Waals surface area contributed by atoms with Gasteiger partial charge < -0.3 is 0 Å². The molecule has 24 heavy (non-hydrogen) atoms. The molecule has 7 nitrogen and oxygen atoms in total. The SMILES string of the molecule is Cc1c[n+]2c(n1-c1ccc(F)cc1)N=C1C2C(=O)N(C)C(=O)N1C. The molecule has 0 bridgehead atoms. The van der Waals surface area contributed by atoms with E-state index in [9.17, 15) is 14.0 Å². The molecule has 4 rings (SSSR count). The topological polar surface area (TPSA) is 61.8 Å². The number of rotatable bonds is 1. The first-order valence-electron chi connectivity index (χ1n) is 7.43. The number of halogens is 1. The number of carbonyl (C=O) groups is 2. The average Bonchev–Trinajstić information content (AvgIpc) is 3.06. The number of aliphatic imine (C=N–C) groups is 1. The second kappa shape index (κ2) is 4.73. The quantitative estimate of drug-likeness (QED) is 0.741. The van der Waals surface area contributed by atoms with Crippen molar-refractivity contribution in [1.29, 1.82) is 0 Å². The van der Waals surface area contributed by atoms with Crippen molar-refractivity contribution < 1.29 is 18.5 Å². The largest absolute Gasteiger partial charge is 0.406 e. The van der Waals surface area contributed by atoms with Crippen LogP contribution in [-0.4, -0.2) is 46.2 Å². The maximum Gasteiger partial charge on any atom is 0.406 e. The van der Waals surface area contributed by atoms with Gasteiger partial charge in [0.25, 0.3) is 5.91 Å². The zero-order valence-corrected chi connectivity index (χ0v) is 13.4. The van der Waals surface area contributed by atoms with Gasteiger partial charge in [0.15, 0.2) is 0 Å². The minimum atomic E-state index is -0.659. The molecule has 0 radical (unpaired) electrons. The molecule has 1 atom stereocenters. The summed E-state index contributed by atoms with van der Waals surface area (Å²) in [7, 11) is 3.05. The van der Waals surface area contributed by atoms with E-state index in [1.54, 1.807) is 23.7 Å². The number of aromatic nitrogens is 2. The number of urea groups is 1. The Hall–Kier alpha value is -3.03. The molecule has 0 saturated carbocycles. The lowest BCUT2D eigenvalue weighted by Gasteiger charge is -2.30. The molecule has 0 N–H and O–H groups in total. The Kier molecular flexibility index (Phi) is 2.87. The number of amides is 3. The normalized spacial score (nSPS) is 19.5. The maximum atomic E-state index is 13.2. The number of likely N-dealkylation sites (N-methyl/N-ethyl adjacent to an activating group) is 2. The van der Waals surface area contributed by atoms with E-state index >= 15 is 0 Å². The predicted octanol–water partition coefficient (Wildman–Crippen LogP) is 1.32. The van der Waals surface area contributed by atoms with Crippen molar-refractivity contribution in [3.8, 4) is 5.69 Å². The molecule has 0 spiro atoms. The van der Waals surface area contributed by atoms with Crippen molar-refractivity contribution in [2.24, 2.45) is 4.99 Å². The van der Waals surface area contributed by atoms with Crippen LogP contribution < -0.4 is 4.57 Å². The number of aryl methyl sites for hydroxylation is 1. The smallest absolute Gasteiger partial charge is 0.270 e. The fourth-order valence-electron chi connectivity index (χ4n) is 3.17. The highest BCUT2D eigenvalue weighted by atomic mass is 19.1. The highest BCUT2D eigenvalue weighted by molar-refractivity contribution is 6.18. The Labute approximate surface area is 137 Å². The van der Waals surface area contributed by atoms with Crippen molar-refractivity contribution in [3.63, 3.8) is 0 Å². The van der Waals surface area contributed by atoms with E-state index in [1.807, 2.05) is 17.7 Å². The van der Waals surface area contributed by atoms with Gasteiger partial charge in [-0.3, -0.25) is 14.6 Å². The van der Waals surface area contributed by atoms with Crippen molar-refractivity contribution >= 4 is 23.7 Å². The Balaban J connectivity index is 1.90. The van der Waals surface area contributed by atoms with Crippen LogP contribution in [0, 0.1) is 12.7 Å². The third-order valence-corrected chi connectivity index (χ3v) is 4.41. The van der Waals surface area contributed by atoms with Crippen molar-refractivity contribution in [3.05, 3.63) is 42.0 Å². The van der Waals surface area contributed by atoms with Gasteiger partial charge in [-0.2, -0.15) is 4.57 Å². The van der Waals surface area contributed by atoms with E-state index in [2.05, 4.69) is 4.99 Å². The molecule has 8 heteroatoms. The number of fused-ring (bicyclic) bond motifs is 3. The molecule has 122 valence electrons. The van der Waals surface area contributed by atoms with Crippen LogP contribution >= 0.6 is 0 Å². The van der Waals surface area contributed by atoms with Gasteiger partial charge in [-0.1, -0.05) is 4.99 Å². The number of imidazole rings is 1. The van der Waals surface area contributed by atoms with Gasteiger partial charge in [-0.15, -0.1) is 0 Å². The van der Waals surface area contributed by atoms with E-state index in [-0.39, 0.29) is 11.7 Å². The highest BCUT2D eigenvalue weighted by Crippen LogP contribution is 2.30. The number of hydrogen-bond acceptors (Lipinski definition) is 3. The van der Waals surface area contributed by atoms with Crippen molar-refractivity contribution in [1.82, 2.24) is 14.4 Å². The number of benzene rings is 1. The predicted molar refractivity (Wildman–Crippen MR) is 82.7 cm³/mol. The van der Waals surface area contributed by atoms with Crippen LogP contribution in [0.2, 0.25) is 0 Å². The number of nitrogens with zero attached hydrogens (tertiary/aromatic N) is 5. The molecular weight excluding hydrogens is 313 g/mol. The lowest BCUT2D eigenvalue weighted by atomic mass is 10.2. The molecule has 1 unspecified atom stereocenters. The van der Waals surface area contributed by atoms with Crippen LogP contribution in [0.4, 0.5) is 15.1 Å². The molecule has 1 fully saturated rings. The maximum absolute atomic E-state index is 13.2. The number of imide groups is 1. The summed E-state index contributed by atoms with van der Waals surface area (Å²) in [5.41, 5.74) is 1.59. The minimum Gasteiger partial charge on any atom is -0.270 e. The van der Waals surface area contributed by atoms with Crippen LogP contribution in [0.25, 0.3) is 5.69 Å². The number of carbonyl (C=O) groups excluding carboxylic acids is 2. The lowest BCUT2D eigenvalue weighted by Crippen LogP contribution is -2.61. The van der Waals surface area contributed by atoms with E-state index < -0.39 is 12.1 Å². The van der Waals surface area contributed by atoms with E-state index in [1.165, 1.54) is 24.1 Å². The van der Waals surface area contributed by atoms with Crippen LogP contribution in [0.5, 0.6) is 0 Å². The molecule has 2 aliphatic heterocycles. The second-order valence-corrected chi connectivity index (χ2v) is 5.90. The van der Waals surface area contributed by atoms with E-state index in [4.69, 9.17) is 0 Å². The molecule has 1 saturated heterocycles. The first kappa shape index (κ1) is 14.6. The molecule has 2 aromatic rings. The summed E-state index contributed by atoms with van der Waals surface area (Å²) in [5, 5.41) is 0. The summed E-state index contributed by atoms with van der Waals surface area (Å²) in [4.78, 5) is 31.6. The summed E-state index contributed by atoms with van der Waals surface area (Å²) in [5.74, 6) is 0.281. The van der Waals surface area contributed by atoms with Gasteiger partial charge >= 0.3 is 12.0 Å². The molecule has 2 aliphatic rings. The van der Waals surface area contributed by atoms with Gasteiger partial charge in [0.1, 0.15) is 23.4 Å². The first-order valence-corrected chi connectivity index (χ1v) is 7.43. The van der Waals surface area contributed by atoms with Crippen LogP contribution in [-0.2, 0) is 4.79 Å². The van der Waals surface area contributed by atoms with Gasteiger partial charge in [-0.05, 0) is 31.2 Å². The van der Waals surface area contributed by atoms with Crippen molar-refractivity contribution in [2.45, 2.75) is 13.0 Å². The summed E-state index contributed by atoms with van der Waals surface area (Å²) in [6.45, 7) is 1.88. The second-order valence-electron chi connectivity index (χ2n) is 5.90. The summed E-state index contributed by atoms with van der Waals surface area (Å²) < 4.78 is 16.8. The Morgan fingerprint density at radius 2 is 1.79 bits per heavy atom. The fourth-order valence-corrected chi connectivity index (χ4v) is 3.17. The zero-order chi connectivity index (χ0) is 17.2. The number of hydrogen-bond donors (Lipinski definition) is 0. The molecule has 1 aromatic heterocycles. The Bertz CT molecular complexity index is 915. The molecule has 1 aromatic carbocycles. The van der Waals surface area contributed by atoms with Gasteiger partial charge in [0, 0.05) is 14.1 Å². The standard InChI is InChI=1S/C16H15FN5O2/c1-9-8-21-12-13(19(2)16(24)20(3)14(12)23)18-15(21)22(9)11-6-4-10(17)5-7-11/h4-8,12H,1-3H3/q+1. The monoisotopic (exact) mass is 328 g/mol. The third-order valence-electron chi connectivity index (χ3n) is 4.41. The zero-order valence-electron chi connectivity index (χ0n) is 13.4. The summed E-state index contributed by atoms with van der Waals surface area (Å²) >= 11 is 0. The first-order chi connectivity index (χ1) is 11.4. The van der Waals surface area contributed by atoms with E-state index in [0.717, 1.165) is 16.3 Å². The lowest BCUT2D eigenvalue weighted by molar-refractivity contribution is -0.676. The highest BCUT2D eigenvalue weighted by Gasteiger charge is 2.52. The van der Waals surface area contributed by atoms with Gasteiger partial charge in [0.2, 0.25) is 11.9 Å². The van der Waals surface area contributed by atoms with Crippen LogP contribution in [0.3, 0.4) is 0 Å². The third kappa shape index (κ3) is 1.76. The van der Waals surface area contributed by atoms with Crippen LogP contribution in [0.1, 0.15) is 11.7 Å². The van der Waals surface area contributed by atoms with Crippen molar-refractivity contribution in [2.75, 3.05) is 14.1 Å². The Morgan fingerprint density at radius 3 is 2.46 bits per heavy atom. The molecule has 0 aliphatic carbocycles. The van der Waals surface area contributed by atoms with Gasteiger partial charge in [-0.25, -0.2) is 13.8 Å². The summed E-state index contributed by atoms with van der Waals surface area (Å²) in [6, 6.07) is 4.96. The number of amidine groups is 1. The Morgan fingerprint density at radius 1 is 1.12 bits per heavy atom. The van der Waals surface area contributed by atoms with Gasteiger partial charge in [0.05, 0.1) is 0 Å². The molecule has 3 amide bonds.